The summed E-state index contributed by atoms with van der Waals surface area (Å²) < 4.78 is 0. The van der Waals surface area contributed by atoms with E-state index in [4.69, 9.17) is 5.73 Å². The molecule has 1 aromatic heterocycles. The lowest BCUT2D eigenvalue weighted by Crippen LogP contribution is -2.58. The van der Waals surface area contributed by atoms with Crippen molar-refractivity contribution in [1.82, 2.24) is 31.2 Å². The van der Waals surface area contributed by atoms with Gasteiger partial charge in [0.15, 0.2) is 0 Å². The molecule has 4 atom stereocenters. The van der Waals surface area contributed by atoms with Crippen molar-refractivity contribution in [3.05, 3.63) is 120 Å². The van der Waals surface area contributed by atoms with Crippen molar-refractivity contribution in [1.29, 1.82) is 0 Å². The topological polar surface area (TPSA) is 212 Å². The quantitative estimate of drug-likeness (QED) is 0.0598. The van der Waals surface area contributed by atoms with Crippen LogP contribution in [0.2, 0.25) is 0 Å². The molecule has 0 saturated carbocycles. The van der Waals surface area contributed by atoms with Crippen LogP contribution in [0.1, 0.15) is 41.6 Å². The van der Waals surface area contributed by atoms with Crippen LogP contribution in [-0.4, -0.2) is 81.1 Å². The fourth-order valence-corrected chi connectivity index (χ4v) is 5.61. The number of hydrogen-bond acceptors (Lipinski definition) is 8. The number of nitrogens with one attached hydrogen (secondary N) is 5. The minimum atomic E-state index is -1.30. The second kappa shape index (κ2) is 20.2. The van der Waals surface area contributed by atoms with E-state index >= 15 is 0 Å². The van der Waals surface area contributed by atoms with Crippen LogP contribution in [0, 0.1) is 0 Å². The molecule has 0 spiro atoms. The zero-order valence-electron chi connectivity index (χ0n) is 28.5. The number of nitrogens with zero attached hydrogens (tertiary/aromatic N) is 1. The summed E-state index contributed by atoms with van der Waals surface area (Å²) in [6.07, 6.45) is 5.69. The van der Waals surface area contributed by atoms with Crippen molar-refractivity contribution in [2.75, 3.05) is 13.1 Å². The van der Waals surface area contributed by atoms with Gasteiger partial charge in [-0.25, -0.2) is 9.78 Å². The molecule has 0 fully saturated rings. The number of rotatable bonds is 21. The van der Waals surface area contributed by atoms with E-state index in [0.717, 1.165) is 11.1 Å². The lowest BCUT2D eigenvalue weighted by atomic mass is 10.0. The number of aliphatic carboxylic acids is 1. The Hall–Kier alpha value is -5.53. The van der Waals surface area contributed by atoms with E-state index in [1.165, 1.54) is 18.5 Å². The Labute approximate surface area is 297 Å². The first-order chi connectivity index (χ1) is 24.7. The third-order valence-corrected chi connectivity index (χ3v) is 8.42. The van der Waals surface area contributed by atoms with Crippen LogP contribution in [0.4, 0.5) is 0 Å². The molecule has 13 heteroatoms. The second-order valence-electron chi connectivity index (χ2n) is 12.4. The van der Waals surface area contributed by atoms with Gasteiger partial charge in [0.05, 0.1) is 18.1 Å². The highest BCUT2D eigenvalue weighted by molar-refractivity contribution is 5.94. The molecule has 1 heterocycles. The number of amides is 3. The Kier molecular flexibility index (Phi) is 15.2. The van der Waals surface area contributed by atoms with Crippen LogP contribution in [0.15, 0.2) is 97.5 Å². The lowest BCUT2D eigenvalue weighted by Gasteiger charge is -2.26. The number of aromatic nitrogens is 2. The summed E-state index contributed by atoms with van der Waals surface area (Å²) in [6, 6.07) is 20.8. The van der Waals surface area contributed by atoms with Gasteiger partial charge in [0, 0.05) is 25.5 Å². The van der Waals surface area contributed by atoms with E-state index in [2.05, 4.69) is 31.2 Å². The number of aromatic amines is 1. The fraction of sp³-hybridized carbons (Fsp3) is 0.342. The van der Waals surface area contributed by atoms with Crippen molar-refractivity contribution in [2.24, 2.45) is 5.73 Å². The van der Waals surface area contributed by atoms with Crippen LogP contribution >= 0.6 is 0 Å². The number of phenolic OH excluding ortho intramolecular Hbond substituents is 1. The maximum atomic E-state index is 13.9. The largest absolute Gasteiger partial charge is 0.508 e. The summed E-state index contributed by atoms with van der Waals surface area (Å²) in [4.78, 5) is 60.9. The number of aromatic hydroxyl groups is 1. The minimum absolute atomic E-state index is 0.0313. The van der Waals surface area contributed by atoms with Crippen molar-refractivity contribution in [3.63, 3.8) is 0 Å². The van der Waals surface area contributed by atoms with Crippen molar-refractivity contribution in [3.8, 4) is 5.75 Å². The predicted octanol–water partition coefficient (Wildman–Crippen LogP) is 2.01. The molecule has 4 aromatic rings. The molecule has 0 unspecified atom stereocenters. The van der Waals surface area contributed by atoms with E-state index in [-0.39, 0.29) is 31.4 Å². The molecule has 0 aliphatic carbocycles. The molecular formula is C38H47N7O6. The summed E-state index contributed by atoms with van der Waals surface area (Å²) in [6.45, 7) is 0.909. The standard InChI is InChI=1S/C38H47N7O6/c39-19-8-7-13-31(43-36(48)32(23-29-24-40-25-42-29)41-20-18-26-9-3-1-4-10-26)35(47)44-33(21-27-11-5-2-6-12-27)37(49)45-34(38(50)51)22-28-14-16-30(46)17-15-28/h1-6,9-12,14-17,24-25,31-34,41,46H,7-8,13,18-23,39H2,(H,40,42)(H,43,48)(H,44,47)(H,45,49)(H,50,51)/t31-,32-,33-,34-/m0/s1. The molecule has 0 aliphatic rings. The number of H-pyrrole nitrogens is 1. The number of carbonyl (C=O) groups is 4. The van der Waals surface area contributed by atoms with Crippen LogP contribution < -0.4 is 27.0 Å². The fourth-order valence-electron chi connectivity index (χ4n) is 5.61. The van der Waals surface area contributed by atoms with Gasteiger partial charge >= 0.3 is 5.97 Å². The van der Waals surface area contributed by atoms with Crippen LogP contribution in [0.3, 0.4) is 0 Å². The van der Waals surface area contributed by atoms with Gasteiger partial charge in [-0.2, -0.15) is 0 Å². The van der Waals surface area contributed by atoms with Gasteiger partial charge in [-0.15, -0.1) is 0 Å². The van der Waals surface area contributed by atoms with Gasteiger partial charge in [0.25, 0.3) is 0 Å². The first-order valence-electron chi connectivity index (χ1n) is 17.1. The number of unbranched alkanes of at least 4 members (excludes halogenated alkanes) is 1. The summed E-state index contributed by atoms with van der Waals surface area (Å²) in [7, 11) is 0. The molecule has 3 aromatic carbocycles. The number of carboxylic acids is 1. The first kappa shape index (κ1) is 38.3. The van der Waals surface area contributed by atoms with Crippen LogP contribution in [0.25, 0.3) is 0 Å². The molecular weight excluding hydrogens is 650 g/mol. The van der Waals surface area contributed by atoms with Crippen molar-refractivity contribution >= 4 is 23.7 Å². The van der Waals surface area contributed by atoms with Gasteiger partial charge in [-0.1, -0.05) is 72.8 Å². The molecule has 0 aliphatic heterocycles. The number of carbonyl (C=O) groups excluding carboxylic acids is 3. The molecule has 270 valence electrons. The van der Waals surface area contributed by atoms with E-state index in [1.54, 1.807) is 42.6 Å². The molecule has 0 bridgehead atoms. The van der Waals surface area contributed by atoms with E-state index in [1.807, 2.05) is 36.4 Å². The number of benzene rings is 3. The lowest BCUT2D eigenvalue weighted by molar-refractivity contribution is -0.142. The summed E-state index contributed by atoms with van der Waals surface area (Å²) >= 11 is 0. The molecule has 13 nitrogen and oxygen atoms in total. The van der Waals surface area contributed by atoms with Gasteiger partial charge in [-0.05, 0) is 67.6 Å². The summed E-state index contributed by atoms with van der Waals surface area (Å²) in [5, 5.41) is 31.2. The molecule has 0 saturated heterocycles. The molecule has 9 N–H and O–H groups in total. The predicted molar refractivity (Wildman–Crippen MR) is 193 cm³/mol. The Morgan fingerprint density at radius 3 is 1.88 bits per heavy atom. The number of hydrogen-bond donors (Lipinski definition) is 8. The minimum Gasteiger partial charge on any atom is -0.508 e. The molecule has 51 heavy (non-hydrogen) atoms. The third kappa shape index (κ3) is 13.0. The Morgan fingerprint density at radius 1 is 0.686 bits per heavy atom. The normalized spacial score (nSPS) is 13.4. The smallest absolute Gasteiger partial charge is 0.326 e. The van der Waals surface area contributed by atoms with Gasteiger partial charge in [-0.3, -0.25) is 14.4 Å². The number of nitrogens with two attached hydrogens (primary N) is 1. The van der Waals surface area contributed by atoms with E-state index in [9.17, 15) is 29.4 Å². The van der Waals surface area contributed by atoms with Crippen molar-refractivity contribution < 1.29 is 29.4 Å². The second-order valence-corrected chi connectivity index (χ2v) is 12.4. The SMILES string of the molecule is NCCCC[C@H](NC(=O)[C@H](Cc1c[nH]cn1)NCCc1ccccc1)C(=O)N[C@@H](Cc1ccccc1)C(=O)N[C@@H](Cc1ccc(O)cc1)C(=O)O. The highest BCUT2D eigenvalue weighted by Gasteiger charge is 2.31. The van der Waals surface area contributed by atoms with E-state index in [0.29, 0.717) is 43.6 Å². The highest BCUT2D eigenvalue weighted by Crippen LogP contribution is 2.13. The van der Waals surface area contributed by atoms with Gasteiger partial charge in [0.2, 0.25) is 17.7 Å². The highest BCUT2D eigenvalue weighted by atomic mass is 16.4. The summed E-state index contributed by atoms with van der Waals surface area (Å²) in [5.41, 5.74) is 8.86. The van der Waals surface area contributed by atoms with Gasteiger partial charge < -0.3 is 42.2 Å². The number of imidazole rings is 1. The zero-order chi connectivity index (χ0) is 36.4. The van der Waals surface area contributed by atoms with Crippen LogP contribution in [0.5, 0.6) is 5.75 Å². The number of phenols is 1. The van der Waals surface area contributed by atoms with Crippen molar-refractivity contribution in [2.45, 2.75) is 69.1 Å². The monoisotopic (exact) mass is 697 g/mol. The number of carboxylic acid groups (broad SMARTS) is 1. The Morgan fingerprint density at radius 2 is 1.25 bits per heavy atom. The third-order valence-electron chi connectivity index (χ3n) is 8.42. The molecule has 3 amide bonds. The zero-order valence-corrected chi connectivity index (χ0v) is 28.5. The van der Waals surface area contributed by atoms with E-state index < -0.39 is 47.9 Å². The summed E-state index contributed by atoms with van der Waals surface area (Å²) in [5.74, 6) is -2.89. The first-order valence-corrected chi connectivity index (χ1v) is 17.1. The average Bonchev–Trinajstić information content (AvgIpc) is 3.65. The maximum Gasteiger partial charge on any atom is 0.326 e. The molecule has 4 rings (SSSR count). The maximum absolute atomic E-state index is 13.9. The van der Waals surface area contributed by atoms with Gasteiger partial charge in [0.1, 0.15) is 23.9 Å². The molecule has 0 radical (unpaired) electrons. The average molecular weight is 698 g/mol. The Bertz CT molecular complexity index is 1650. The van der Waals surface area contributed by atoms with Crippen LogP contribution in [-0.2, 0) is 44.9 Å². The Balaban J connectivity index is 1.50.